The normalized spacial score (nSPS) is 15.9. The molecule has 1 unspecified atom stereocenters. The summed E-state index contributed by atoms with van der Waals surface area (Å²) < 4.78 is 12.8. The molecule has 120 valence electrons. The number of furan rings is 1. The molecular weight excluding hydrogens is 294 g/mol. The van der Waals surface area contributed by atoms with Crippen LogP contribution in [0.15, 0.2) is 28.7 Å². The number of hydrogen-bond donors (Lipinski definition) is 1. The smallest absolute Gasteiger partial charge is 0.178 e. The second-order valence-electron chi connectivity index (χ2n) is 5.92. The van der Waals surface area contributed by atoms with Crippen molar-refractivity contribution in [1.82, 2.24) is 19.8 Å². The van der Waals surface area contributed by atoms with Crippen molar-refractivity contribution < 1.29 is 9.15 Å². The number of aromatic nitrogens is 4. The average Bonchev–Trinajstić information content (AvgIpc) is 3.16. The first kappa shape index (κ1) is 14.2. The van der Waals surface area contributed by atoms with Gasteiger partial charge in [0.05, 0.1) is 6.61 Å². The molecule has 0 aromatic carbocycles. The van der Waals surface area contributed by atoms with E-state index in [0.29, 0.717) is 12.5 Å². The van der Waals surface area contributed by atoms with Gasteiger partial charge in [0, 0.05) is 13.0 Å². The van der Waals surface area contributed by atoms with Crippen molar-refractivity contribution in [2.24, 2.45) is 0 Å². The second-order valence-corrected chi connectivity index (χ2v) is 5.92. The van der Waals surface area contributed by atoms with Gasteiger partial charge in [-0.3, -0.25) is 0 Å². The Morgan fingerprint density at radius 1 is 1.30 bits per heavy atom. The van der Waals surface area contributed by atoms with Crippen molar-refractivity contribution in [3.63, 3.8) is 0 Å². The highest BCUT2D eigenvalue weighted by Crippen LogP contribution is 2.38. The maximum Gasteiger partial charge on any atom is 0.178 e. The summed E-state index contributed by atoms with van der Waals surface area (Å²) in [4.78, 5) is 0. The fraction of sp³-hybridized carbons (Fsp3) is 0.438. The highest BCUT2D eigenvalue weighted by atomic mass is 16.5. The number of methoxy groups -OCH3 is 1. The van der Waals surface area contributed by atoms with E-state index in [0.717, 1.165) is 41.7 Å². The van der Waals surface area contributed by atoms with Crippen molar-refractivity contribution >= 4 is 11.5 Å². The molecular formula is C16H19N5O2. The first-order valence-electron chi connectivity index (χ1n) is 7.79. The number of hydrogen-bond acceptors (Lipinski definition) is 6. The van der Waals surface area contributed by atoms with Crippen LogP contribution in [0.4, 0.5) is 5.82 Å². The monoisotopic (exact) mass is 313 g/mol. The summed E-state index contributed by atoms with van der Waals surface area (Å²) in [5, 5.41) is 16.4. The van der Waals surface area contributed by atoms with Crippen LogP contribution in [0.2, 0.25) is 0 Å². The molecule has 3 aromatic heterocycles. The summed E-state index contributed by atoms with van der Waals surface area (Å²) in [5.41, 5.74) is 0.773. The molecule has 7 nitrogen and oxygen atoms in total. The Kier molecular flexibility index (Phi) is 3.49. The standard InChI is InChI=1S/C16H19N5O2/c1-10-3-6-13(23-10)12(9-22-2)17-14-7-8-15-18-19-16(11-4-5-11)21(15)20-14/h3,6-8,11-12H,4-5,9H2,1-2H3,(H,17,20). The predicted octanol–water partition coefficient (Wildman–Crippen LogP) is 2.70. The van der Waals surface area contributed by atoms with E-state index in [1.807, 2.05) is 35.7 Å². The number of anilines is 1. The van der Waals surface area contributed by atoms with Gasteiger partial charge in [-0.15, -0.1) is 15.3 Å². The molecule has 0 bridgehead atoms. The Labute approximate surface area is 133 Å². The molecule has 1 N–H and O–H groups in total. The zero-order valence-corrected chi connectivity index (χ0v) is 13.2. The molecule has 23 heavy (non-hydrogen) atoms. The van der Waals surface area contributed by atoms with Gasteiger partial charge >= 0.3 is 0 Å². The summed E-state index contributed by atoms with van der Waals surface area (Å²) >= 11 is 0. The first-order chi connectivity index (χ1) is 11.2. The van der Waals surface area contributed by atoms with Gasteiger partial charge in [-0.05, 0) is 44.0 Å². The fourth-order valence-electron chi connectivity index (χ4n) is 2.66. The number of rotatable bonds is 6. The maximum atomic E-state index is 5.71. The summed E-state index contributed by atoms with van der Waals surface area (Å²) in [7, 11) is 1.67. The van der Waals surface area contributed by atoms with Crippen LogP contribution in [0.25, 0.3) is 5.65 Å². The van der Waals surface area contributed by atoms with Gasteiger partial charge in [-0.25, -0.2) is 0 Å². The van der Waals surface area contributed by atoms with Crippen LogP contribution in [0.5, 0.6) is 0 Å². The van der Waals surface area contributed by atoms with Crippen LogP contribution in [0.3, 0.4) is 0 Å². The zero-order valence-electron chi connectivity index (χ0n) is 13.2. The minimum absolute atomic E-state index is 0.0977. The summed E-state index contributed by atoms with van der Waals surface area (Å²) in [6, 6.07) is 7.63. The van der Waals surface area contributed by atoms with Gasteiger partial charge in [0.2, 0.25) is 0 Å². The number of ether oxygens (including phenoxy) is 1. The van der Waals surface area contributed by atoms with E-state index in [2.05, 4.69) is 20.6 Å². The molecule has 1 aliphatic rings. The SMILES string of the molecule is COCC(Nc1ccc2nnc(C3CC3)n2n1)c1ccc(C)o1. The van der Waals surface area contributed by atoms with Gasteiger partial charge in [0.25, 0.3) is 0 Å². The zero-order chi connectivity index (χ0) is 15.8. The molecule has 0 amide bonds. The van der Waals surface area contributed by atoms with E-state index in [-0.39, 0.29) is 6.04 Å². The van der Waals surface area contributed by atoms with Gasteiger partial charge in [0.1, 0.15) is 23.4 Å². The van der Waals surface area contributed by atoms with Crippen LogP contribution >= 0.6 is 0 Å². The number of aryl methyl sites for hydroxylation is 1. The average molecular weight is 313 g/mol. The molecule has 4 rings (SSSR count). The Morgan fingerprint density at radius 2 is 2.17 bits per heavy atom. The Balaban J connectivity index is 1.63. The predicted molar refractivity (Wildman–Crippen MR) is 84.4 cm³/mol. The number of fused-ring (bicyclic) bond motifs is 1. The van der Waals surface area contributed by atoms with Crippen LogP contribution < -0.4 is 5.32 Å². The highest BCUT2D eigenvalue weighted by Gasteiger charge is 2.29. The molecule has 1 fully saturated rings. The lowest BCUT2D eigenvalue weighted by atomic mass is 10.2. The third-order valence-electron chi connectivity index (χ3n) is 3.99. The largest absolute Gasteiger partial charge is 0.464 e. The number of nitrogens with zero attached hydrogens (tertiary/aromatic N) is 4. The third kappa shape index (κ3) is 2.79. The minimum Gasteiger partial charge on any atom is -0.464 e. The van der Waals surface area contributed by atoms with E-state index in [9.17, 15) is 0 Å². The topological polar surface area (TPSA) is 77.5 Å². The van der Waals surface area contributed by atoms with Crippen LogP contribution in [0, 0.1) is 6.92 Å². The van der Waals surface area contributed by atoms with E-state index in [4.69, 9.17) is 9.15 Å². The second kappa shape index (κ2) is 5.66. The molecule has 3 aromatic rings. The van der Waals surface area contributed by atoms with Gasteiger partial charge in [-0.2, -0.15) is 4.52 Å². The van der Waals surface area contributed by atoms with Gasteiger partial charge < -0.3 is 14.5 Å². The molecule has 1 saturated carbocycles. The van der Waals surface area contributed by atoms with E-state index >= 15 is 0 Å². The molecule has 0 aliphatic heterocycles. The van der Waals surface area contributed by atoms with Crippen molar-refractivity contribution in [2.45, 2.75) is 31.7 Å². The molecule has 0 spiro atoms. The molecule has 0 saturated heterocycles. The Morgan fingerprint density at radius 3 is 2.87 bits per heavy atom. The van der Waals surface area contributed by atoms with Crippen molar-refractivity contribution in [3.05, 3.63) is 41.6 Å². The van der Waals surface area contributed by atoms with E-state index in [1.165, 1.54) is 0 Å². The summed E-state index contributed by atoms with van der Waals surface area (Å²) in [6.45, 7) is 2.42. The van der Waals surface area contributed by atoms with Crippen LogP contribution in [0.1, 0.15) is 42.1 Å². The van der Waals surface area contributed by atoms with Gasteiger partial charge in [-0.1, -0.05) is 0 Å². The summed E-state index contributed by atoms with van der Waals surface area (Å²) in [6.07, 6.45) is 2.33. The minimum atomic E-state index is -0.0977. The highest BCUT2D eigenvalue weighted by molar-refractivity contribution is 5.45. The molecule has 1 aliphatic carbocycles. The lowest BCUT2D eigenvalue weighted by molar-refractivity contribution is 0.178. The van der Waals surface area contributed by atoms with E-state index in [1.54, 1.807) is 7.11 Å². The lowest BCUT2D eigenvalue weighted by Gasteiger charge is -2.16. The molecule has 0 radical (unpaired) electrons. The molecule has 1 atom stereocenters. The van der Waals surface area contributed by atoms with Crippen LogP contribution in [-0.4, -0.2) is 33.5 Å². The Bertz CT molecular complexity index is 821. The molecule has 3 heterocycles. The third-order valence-corrected chi connectivity index (χ3v) is 3.99. The lowest BCUT2D eigenvalue weighted by Crippen LogP contribution is -2.17. The van der Waals surface area contributed by atoms with Crippen molar-refractivity contribution in [2.75, 3.05) is 19.0 Å². The van der Waals surface area contributed by atoms with Crippen LogP contribution in [-0.2, 0) is 4.74 Å². The van der Waals surface area contributed by atoms with Crippen molar-refractivity contribution in [1.29, 1.82) is 0 Å². The number of nitrogens with one attached hydrogen (secondary N) is 1. The fourth-order valence-corrected chi connectivity index (χ4v) is 2.66. The quantitative estimate of drug-likeness (QED) is 0.754. The van der Waals surface area contributed by atoms with E-state index < -0.39 is 0 Å². The van der Waals surface area contributed by atoms with Gasteiger partial charge in [0.15, 0.2) is 11.5 Å². The first-order valence-corrected chi connectivity index (χ1v) is 7.79. The Hall–Kier alpha value is -2.41. The molecule has 7 heteroatoms. The van der Waals surface area contributed by atoms with Crippen molar-refractivity contribution in [3.8, 4) is 0 Å². The summed E-state index contributed by atoms with van der Waals surface area (Å²) in [5.74, 6) is 3.89. The maximum absolute atomic E-state index is 5.71.